The number of hydrogen-bond donors (Lipinski definition) is 0. The molecule has 0 aliphatic carbocycles. The van der Waals surface area contributed by atoms with E-state index in [0.717, 1.165) is 46.9 Å². The fourth-order valence-electron chi connectivity index (χ4n) is 3.88. The molecule has 0 radical (unpaired) electrons. The van der Waals surface area contributed by atoms with E-state index < -0.39 is 0 Å². The molecule has 3 heteroatoms. The van der Waals surface area contributed by atoms with Crippen LogP contribution in [0.5, 0.6) is 5.75 Å². The molecular formula is C30H32N2O. The number of para-hydroxylation sites is 1. The Balaban J connectivity index is 1.78. The molecule has 33 heavy (non-hydrogen) atoms. The van der Waals surface area contributed by atoms with Crippen LogP contribution in [-0.2, 0) is 0 Å². The summed E-state index contributed by atoms with van der Waals surface area (Å²) >= 11 is 0. The van der Waals surface area contributed by atoms with Crippen LogP contribution >= 0.6 is 0 Å². The summed E-state index contributed by atoms with van der Waals surface area (Å²) in [7, 11) is 4.12. The lowest BCUT2D eigenvalue weighted by molar-refractivity contribution is 0.307. The maximum atomic E-state index is 6.18. The summed E-state index contributed by atoms with van der Waals surface area (Å²) in [5, 5.41) is 0. The standard InChI is InChI=1S/C30H32N2O/c1-4-5-11-20-33-30-15-10-9-14-27(30)29-22-25(23-16-18-26(19-17-23)32(2)3)21-28(31-29)24-12-7-6-8-13-24/h6-10,12-19,21-22H,4-5,11,20H2,1-3H3. The normalized spacial score (nSPS) is 10.8. The second kappa shape index (κ2) is 10.8. The van der Waals surface area contributed by atoms with E-state index in [0.29, 0.717) is 0 Å². The number of unbranched alkanes of at least 4 members (excludes halogenated alkanes) is 2. The minimum absolute atomic E-state index is 0.724. The summed E-state index contributed by atoms with van der Waals surface area (Å²) in [6.07, 6.45) is 3.42. The molecule has 0 aliphatic heterocycles. The van der Waals surface area contributed by atoms with Crippen LogP contribution in [0.25, 0.3) is 33.6 Å². The van der Waals surface area contributed by atoms with Crippen molar-refractivity contribution in [3.05, 3.63) is 91.0 Å². The number of nitrogens with zero attached hydrogens (tertiary/aromatic N) is 2. The molecule has 4 rings (SSSR count). The number of anilines is 1. The molecule has 0 saturated carbocycles. The lowest BCUT2D eigenvalue weighted by atomic mass is 9.99. The van der Waals surface area contributed by atoms with Gasteiger partial charge in [-0.15, -0.1) is 0 Å². The van der Waals surface area contributed by atoms with Gasteiger partial charge in [-0.25, -0.2) is 4.98 Å². The summed E-state index contributed by atoms with van der Waals surface area (Å²) in [4.78, 5) is 7.18. The molecule has 168 valence electrons. The summed E-state index contributed by atoms with van der Waals surface area (Å²) in [6, 6.07) is 31.6. The van der Waals surface area contributed by atoms with Crippen molar-refractivity contribution in [2.24, 2.45) is 0 Å². The molecular weight excluding hydrogens is 404 g/mol. The van der Waals surface area contributed by atoms with Crippen LogP contribution in [-0.4, -0.2) is 25.7 Å². The van der Waals surface area contributed by atoms with Gasteiger partial charge in [-0.05, 0) is 53.9 Å². The van der Waals surface area contributed by atoms with Crippen LogP contribution in [0.1, 0.15) is 26.2 Å². The fraction of sp³-hybridized carbons (Fsp3) is 0.233. The van der Waals surface area contributed by atoms with Gasteiger partial charge in [-0.3, -0.25) is 0 Å². The molecule has 3 aromatic carbocycles. The molecule has 0 atom stereocenters. The van der Waals surface area contributed by atoms with Crippen molar-refractivity contribution in [3.8, 4) is 39.4 Å². The molecule has 4 aromatic rings. The highest BCUT2D eigenvalue weighted by Gasteiger charge is 2.13. The van der Waals surface area contributed by atoms with E-state index in [1.807, 2.05) is 18.2 Å². The Labute approximate surface area is 197 Å². The van der Waals surface area contributed by atoms with Gasteiger partial charge in [0.15, 0.2) is 0 Å². The molecule has 0 N–H and O–H groups in total. The predicted octanol–water partition coefficient (Wildman–Crippen LogP) is 7.72. The van der Waals surface area contributed by atoms with Gasteiger partial charge < -0.3 is 9.64 Å². The fourth-order valence-corrected chi connectivity index (χ4v) is 3.88. The number of benzene rings is 3. The van der Waals surface area contributed by atoms with Crippen molar-refractivity contribution in [1.82, 2.24) is 4.98 Å². The second-order valence-electron chi connectivity index (χ2n) is 8.49. The summed E-state index contributed by atoms with van der Waals surface area (Å²) < 4.78 is 6.18. The zero-order valence-corrected chi connectivity index (χ0v) is 19.8. The SMILES string of the molecule is CCCCCOc1ccccc1-c1cc(-c2ccc(N(C)C)cc2)cc(-c2ccccc2)n1. The zero-order chi connectivity index (χ0) is 23.0. The number of rotatable bonds is 9. The zero-order valence-electron chi connectivity index (χ0n) is 19.8. The van der Waals surface area contributed by atoms with Crippen molar-refractivity contribution >= 4 is 5.69 Å². The minimum Gasteiger partial charge on any atom is -0.493 e. The molecule has 0 amide bonds. The number of ether oxygens (including phenoxy) is 1. The van der Waals surface area contributed by atoms with Gasteiger partial charge in [0.25, 0.3) is 0 Å². The minimum atomic E-state index is 0.724. The molecule has 0 unspecified atom stereocenters. The number of hydrogen-bond acceptors (Lipinski definition) is 3. The van der Waals surface area contributed by atoms with E-state index in [9.17, 15) is 0 Å². The van der Waals surface area contributed by atoms with Crippen LogP contribution in [0.15, 0.2) is 91.0 Å². The van der Waals surface area contributed by atoms with Crippen molar-refractivity contribution in [1.29, 1.82) is 0 Å². The first-order valence-corrected chi connectivity index (χ1v) is 11.7. The van der Waals surface area contributed by atoms with Crippen molar-refractivity contribution in [3.63, 3.8) is 0 Å². The molecule has 0 saturated heterocycles. The first kappa shape index (κ1) is 22.6. The van der Waals surface area contributed by atoms with E-state index in [1.165, 1.54) is 24.1 Å². The van der Waals surface area contributed by atoms with E-state index in [4.69, 9.17) is 9.72 Å². The molecule has 3 nitrogen and oxygen atoms in total. The Morgan fingerprint density at radius 1 is 0.697 bits per heavy atom. The smallest absolute Gasteiger partial charge is 0.128 e. The maximum absolute atomic E-state index is 6.18. The largest absolute Gasteiger partial charge is 0.493 e. The monoisotopic (exact) mass is 436 g/mol. The number of aromatic nitrogens is 1. The topological polar surface area (TPSA) is 25.4 Å². The van der Waals surface area contributed by atoms with Gasteiger partial charge in [0.1, 0.15) is 5.75 Å². The molecule has 0 aliphatic rings. The van der Waals surface area contributed by atoms with Crippen molar-refractivity contribution < 1.29 is 4.74 Å². The average molecular weight is 437 g/mol. The van der Waals surface area contributed by atoms with Crippen molar-refractivity contribution in [2.75, 3.05) is 25.6 Å². The summed E-state index contributed by atoms with van der Waals surface area (Å²) in [5.41, 5.74) is 7.51. The van der Waals surface area contributed by atoms with Gasteiger partial charge in [0.2, 0.25) is 0 Å². The first-order chi connectivity index (χ1) is 16.2. The Bertz CT molecular complexity index is 1170. The Hall–Kier alpha value is -3.59. The summed E-state index contributed by atoms with van der Waals surface area (Å²) in [6.45, 7) is 2.93. The third-order valence-electron chi connectivity index (χ3n) is 5.78. The van der Waals surface area contributed by atoms with Crippen LogP contribution in [0, 0.1) is 0 Å². The first-order valence-electron chi connectivity index (χ1n) is 11.7. The molecule has 1 aromatic heterocycles. The van der Waals surface area contributed by atoms with E-state index in [-0.39, 0.29) is 0 Å². The highest BCUT2D eigenvalue weighted by molar-refractivity contribution is 5.79. The summed E-state index contributed by atoms with van der Waals surface area (Å²) in [5.74, 6) is 0.889. The highest BCUT2D eigenvalue weighted by atomic mass is 16.5. The van der Waals surface area contributed by atoms with Gasteiger partial charge in [-0.2, -0.15) is 0 Å². The molecule has 0 fully saturated rings. The molecule has 0 bridgehead atoms. The van der Waals surface area contributed by atoms with Crippen LogP contribution in [0.4, 0.5) is 5.69 Å². The Kier molecular flexibility index (Phi) is 7.41. The van der Waals surface area contributed by atoms with E-state index in [1.54, 1.807) is 0 Å². The third-order valence-corrected chi connectivity index (χ3v) is 5.78. The van der Waals surface area contributed by atoms with Crippen molar-refractivity contribution in [2.45, 2.75) is 26.2 Å². The second-order valence-corrected chi connectivity index (χ2v) is 8.49. The average Bonchev–Trinajstić information content (AvgIpc) is 2.87. The van der Waals surface area contributed by atoms with Gasteiger partial charge >= 0.3 is 0 Å². The lowest BCUT2D eigenvalue weighted by Gasteiger charge is -2.15. The quantitative estimate of drug-likeness (QED) is 0.251. The van der Waals surface area contributed by atoms with Gasteiger partial charge in [0, 0.05) is 30.9 Å². The van der Waals surface area contributed by atoms with E-state index in [2.05, 4.69) is 98.7 Å². The number of pyridine rings is 1. The molecule has 1 heterocycles. The van der Waals surface area contributed by atoms with Crippen LogP contribution in [0.2, 0.25) is 0 Å². The highest BCUT2D eigenvalue weighted by Crippen LogP contribution is 2.34. The Morgan fingerprint density at radius 2 is 1.39 bits per heavy atom. The van der Waals surface area contributed by atoms with Gasteiger partial charge in [-0.1, -0.05) is 74.4 Å². The third kappa shape index (κ3) is 5.61. The van der Waals surface area contributed by atoms with Crippen LogP contribution in [0.3, 0.4) is 0 Å². The van der Waals surface area contributed by atoms with E-state index >= 15 is 0 Å². The Morgan fingerprint density at radius 3 is 2.12 bits per heavy atom. The molecule has 0 spiro atoms. The lowest BCUT2D eigenvalue weighted by Crippen LogP contribution is -2.07. The van der Waals surface area contributed by atoms with Gasteiger partial charge in [0.05, 0.1) is 18.0 Å². The predicted molar refractivity (Wildman–Crippen MR) is 140 cm³/mol. The maximum Gasteiger partial charge on any atom is 0.128 e. The van der Waals surface area contributed by atoms with Crippen LogP contribution < -0.4 is 9.64 Å².